The number of carbonyl (C=O) groups excluding carboxylic acids is 1. The number of aromatic nitrogens is 1. The first-order valence-corrected chi connectivity index (χ1v) is 10.8. The molecule has 0 unspecified atom stereocenters. The van der Waals surface area contributed by atoms with Crippen LogP contribution < -0.4 is 10.2 Å². The fourth-order valence-electron chi connectivity index (χ4n) is 4.19. The van der Waals surface area contributed by atoms with Crippen molar-refractivity contribution in [3.63, 3.8) is 0 Å². The van der Waals surface area contributed by atoms with Crippen LogP contribution in [0, 0.1) is 36.8 Å². The number of anilines is 2. The third kappa shape index (κ3) is 4.73. The molecule has 1 amide bonds. The summed E-state index contributed by atoms with van der Waals surface area (Å²) in [5.41, 5.74) is 3.37. The molecular weight excluding hydrogens is 424 g/mol. The Bertz CT molecular complexity index is 1200. The average Bonchev–Trinajstić information content (AvgIpc) is 3.03. The van der Waals surface area contributed by atoms with Crippen LogP contribution in [0.3, 0.4) is 0 Å². The van der Waals surface area contributed by atoms with Crippen LogP contribution in [0.25, 0.3) is 5.69 Å². The van der Waals surface area contributed by atoms with Crippen LogP contribution in [0.2, 0.25) is 0 Å². The van der Waals surface area contributed by atoms with Gasteiger partial charge in [0, 0.05) is 37.6 Å². The summed E-state index contributed by atoms with van der Waals surface area (Å²) >= 11 is 0. The quantitative estimate of drug-likeness (QED) is 0.640. The minimum Gasteiger partial charge on any atom is -0.369 e. The van der Waals surface area contributed by atoms with Gasteiger partial charge >= 0.3 is 0 Å². The Balaban J connectivity index is 1.46. The Kier molecular flexibility index (Phi) is 6.43. The Morgan fingerprint density at radius 3 is 2.33 bits per heavy atom. The first-order valence-electron chi connectivity index (χ1n) is 10.8. The third-order valence-electron chi connectivity index (χ3n) is 6.08. The number of nitrogens with one attached hydrogen (secondary N) is 1. The molecule has 4 rings (SSSR count). The second-order valence-electron chi connectivity index (χ2n) is 8.15. The summed E-state index contributed by atoms with van der Waals surface area (Å²) in [4.78, 5) is 17.1. The Morgan fingerprint density at radius 2 is 1.70 bits per heavy atom. The van der Waals surface area contributed by atoms with Crippen molar-refractivity contribution in [3.05, 3.63) is 77.0 Å². The van der Waals surface area contributed by atoms with Crippen LogP contribution in [-0.2, 0) is 4.79 Å². The number of benzene rings is 2. The van der Waals surface area contributed by atoms with E-state index in [-0.39, 0.29) is 18.3 Å². The third-order valence-corrected chi connectivity index (χ3v) is 6.08. The number of nitrogens with zero attached hydrogens (tertiary/aromatic N) is 4. The van der Waals surface area contributed by atoms with Gasteiger partial charge < -0.3 is 10.2 Å². The molecule has 0 aliphatic carbocycles. The van der Waals surface area contributed by atoms with Crippen LogP contribution in [0.4, 0.5) is 20.3 Å². The minimum absolute atomic E-state index is 0.175. The van der Waals surface area contributed by atoms with Crippen molar-refractivity contribution in [2.45, 2.75) is 13.8 Å². The molecule has 1 saturated heterocycles. The van der Waals surface area contributed by atoms with Crippen LogP contribution >= 0.6 is 0 Å². The first-order chi connectivity index (χ1) is 15.9. The molecule has 2 heterocycles. The number of rotatable bonds is 5. The summed E-state index contributed by atoms with van der Waals surface area (Å²) in [5.74, 6) is -0.544. The summed E-state index contributed by atoms with van der Waals surface area (Å²) in [6.45, 7) is 6.63. The van der Waals surface area contributed by atoms with Gasteiger partial charge in [0.2, 0.25) is 5.91 Å². The highest BCUT2D eigenvalue weighted by atomic mass is 19.1. The molecule has 1 aliphatic heterocycles. The maximum atomic E-state index is 13.9. The number of halogens is 2. The normalized spacial score (nSPS) is 14.2. The zero-order chi connectivity index (χ0) is 23.5. The van der Waals surface area contributed by atoms with E-state index in [0.717, 1.165) is 30.0 Å². The van der Waals surface area contributed by atoms with Gasteiger partial charge in [-0.05, 0) is 61.9 Å². The van der Waals surface area contributed by atoms with Gasteiger partial charge in [0.25, 0.3) is 0 Å². The molecule has 170 valence electrons. The van der Waals surface area contributed by atoms with Gasteiger partial charge in [-0.25, -0.2) is 8.78 Å². The van der Waals surface area contributed by atoms with Crippen molar-refractivity contribution < 1.29 is 13.6 Å². The molecule has 0 bridgehead atoms. The van der Waals surface area contributed by atoms with Gasteiger partial charge in [0.15, 0.2) is 0 Å². The standard InChI is InChI=1S/C25H25F2N5O/c1-17-18(2)32(22-5-3-4-20(27)14-22)25(23(17)15-28)29-24(33)16-30-10-12-31(13-11-30)21-8-6-19(26)7-9-21/h3-9,14H,10-13,16H2,1-2H3,(H,29,33). The van der Waals surface area contributed by atoms with E-state index in [1.165, 1.54) is 24.3 Å². The van der Waals surface area contributed by atoms with E-state index in [9.17, 15) is 18.8 Å². The van der Waals surface area contributed by atoms with E-state index < -0.39 is 5.82 Å². The summed E-state index contributed by atoms with van der Waals surface area (Å²) in [6.07, 6.45) is 0. The number of hydrogen-bond donors (Lipinski definition) is 1. The molecule has 0 radical (unpaired) electrons. The fourth-order valence-corrected chi connectivity index (χ4v) is 4.19. The largest absolute Gasteiger partial charge is 0.369 e. The van der Waals surface area contributed by atoms with Gasteiger partial charge in [-0.3, -0.25) is 14.3 Å². The molecule has 6 nitrogen and oxygen atoms in total. The molecule has 2 aromatic carbocycles. The predicted molar refractivity (Wildman–Crippen MR) is 124 cm³/mol. The van der Waals surface area contributed by atoms with Gasteiger partial charge in [-0.1, -0.05) is 6.07 Å². The van der Waals surface area contributed by atoms with Gasteiger partial charge in [0.1, 0.15) is 23.5 Å². The van der Waals surface area contributed by atoms with Crippen LogP contribution in [0.5, 0.6) is 0 Å². The molecule has 0 atom stereocenters. The van der Waals surface area contributed by atoms with Crippen molar-refractivity contribution >= 4 is 17.4 Å². The van der Waals surface area contributed by atoms with Crippen molar-refractivity contribution in [1.82, 2.24) is 9.47 Å². The van der Waals surface area contributed by atoms with Gasteiger partial charge in [0.05, 0.1) is 17.8 Å². The van der Waals surface area contributed by atoms with E-state index in [1.807, 2.05) is 18.7 Å². The number of carbonyl (C=O) groups is 1. The van der Waals surface area contributed by atoms with Gasteiger partial charge in [-0.15, -0.1) is 0 Å². The van der Waals surface area contributed by atoms with Crippen molar-refractivity contribution in [1.29, 1.82) is 5.26 Å². The average molecular weight is 450 g/mol. The molecule has 1 N–H and O–H groups in total. The van der Waals surface area contributed by atoms with E-state index >= 15 is 0 Å². The maximum Gasteiger partial charge on any atom is 0.239 e. The lowest BCUT2D eigenvalue weighted by atomic mass is 10.2. The lowest BCUT2D eigenvalue weighted by Crippen LogP contribution is -2.48. The molecule has 8 heteroatoms. The Labute approximate surface area is 191 Å². The number of nitriles is 1. The second-order valence-corrected chi connectivity index (χ2v) is 8.15. The van der Waals surface area contributed by atoms with E-state index in [0.29, 0.717) is 30.2 Å². The lowest BCUT2D eigenvalue weighted by Gasteiger charge is -2.35. The zero-order valence-corrected chi connectivity index (χ0v) is 18.6. The van der Waals surface area contributed by atoms with E-state index in [1.54, 1.807) is 28.8 Å². The highest BCUT2D eigenvalue weighted by Gasteiger charge is 2.23. The molecule has 33 heavy (non-hydrogen) atoms. The summed E-state index contributed by atoms with van der Waals surface area (Å²) < 4.78 is 28.7. The number of hydrogen-bond acceptors (Lipinski definition) is 4. The summed E-state index contributed by atoms with van der Waals surface area (Å²) in [7, 11) is 0. The molecule has 3 aromatic rings. The molecule has 0 saturated carbocycles. The number of piperazine rings is 1. The predicted octanol–water partition coefficient (Wildman–Crippen LogP) is 4.00. The molecule has 0 spiro atoms. The molecule has 1 aliphatic rings. The zero-order valence-electron chi connectivity index (χ0n) is 18.6. The fraction of sp³-hybridized carbons (Fsp3) is 0.280. The highest BCUT2D eigenvalue weighted by Crippen LogP contribution is 2.30. The van der Waals surface area contributed by atoms with Crippen molar-refractivity contribution in [2.75, 3.05) is 42.9 Å². The number of amides is 1. The molecular formula is C25H25F2N5O. The summed E-state index contributed by atoms with van der Waals surface area (Å²) in [5, 5.41) is 12.6. The first kappa shape index (κ1) is 22.5. The van der Waals surface area contributed by atoms with E-state index in [4.69, 9.17) is 0 Å². The monoisotopic (exact) mass is 449 g/mol. The van der Waals surface area contributed by atoms with Crippen molar-refractivity contribution in [2.24, 2.45) is 0 Å². The van der Waals surface area contributed by atoms with Crippen LogP contribution in [0.1, 0.15) is 16.8 Å². The van der Waals surface area contributed by atoms with Crippen molar-refractivity contribution in [3.8, 4) is 11.8 Å². The topological polar surface area (TPSA) is 64.3 Å². The van der Waals surface area contributed by atoms with Gasteiger partial charge in [-0.2, -0.15) is 5.26 Å². The lowest BCUT2D eigenvalue weighted by molar-refractivity contribution is -0.117. The molecule has 1 fully saturated rings. The Hall–Kier alpha value is -3.70. The van der Waals surface area contributed by atoms with E-state index in [2.05, 4.69) is 16.3 Å². The SMILES string of the molecule is Cc1c(C#N)c(NC(=O)CN2CCN(c3ccc(F)cc3)CC2)n(-c2cccc(F)c2)c1C. The summed E-state index contributed by atoms with van der Waals surface area (Å²) in [6, 6.07) is 14.6. The van der Waals surface area contributed by atoms with Crippen LogP contribution in [0.15, 0.2) is 48.5 Å². The second kappa shape index (κ2) is 9.43. The smallest absolute Gasteiger partial charge is 0.239 e. The Morgan fingerprint density at radius 1 is 1.00 bits per heavy atom. The maximum absolute atomic E-state index is 13.9. The highest BCUT2D eigenvalue weighted by molar-refractivity contribution is 5.93. The van der Waals surface area contributed by atoms with Crippen LogP contribution in [-0.4, -0.2) is 48.1 Å². The minimum atomic E-state index is -0.395. The molecule has 1 aromatic heterocycles.